The number of nitriles is 1. The first-order valence-corrected chi connectivity index (χ1v) is 9.01. The quantitative estimate of drug-likeness (QED) is 0.649. The van der Waals surface area contributed by atoms with E-state index in [2.05, 4.69) is 11.4 Å². The molecule has 0 fully saturated rings. The van der Waals surface area contributed by atoms with Gasteiger partial charge in [0.15, 0.2) is 5.78 Å². The van der Waals surface area contributed by atoms with Crippen molar-refractivity contribution in [2.24, 2.45) is 5.41 Å². The van der Waals surface area contributed by atoms with E-state index in [-0.39, 0.29) is 17.0 Å². The molecule has 0 amide bonds. The number of carbonyl (C=O) groups is 1. The van der Waals surface area contributed by atoms with Crippen molar-refractivity contribution in [3.8, 4) is 6.07 Å². The van der Waals surface area contributed by atoms with Crippen LogP contribution in [0, 0.1) is 26.1 Å². The van der Waals surface area contributed by atoms with Crippen molar-refractivity contribution in [1.82, 2.24) is 0 Å². The third-order valence-electron chi connectivity index (χ3n) is 3.85. The van der Waals surface area contributed by atoms with E-state index >= 15 is 0 Å². The minimum atomic E-state index is -0.376. The first-order chi connectivity index (χ1) is 10.8. The van der Waals surface area contributed by atoms with Crippen LogP contribution in [-0.2, 0) is 6.42 Å². The molecule has 1 aromatic carbocycles. The van der Waals surface area contributed by atoms with E-state index < -0.39 is 0 Å². The normalized spacial score (nSPS) is 15.9. The average Bonchev–Trinajstić information content (AvgIpc) is 2.78. The fourth-order valence-corrected chi connectivity index (χ4v) is 4.41. The van der Waals surface area contributed by atoms with Crippen LogP contribution in [0.15, 0.2) is 18.2 Å². The van der Waals surface area contributed by atoms with Crippen molar-refractivity contribution in [2.45, 2.75) is 26.7 Å². The molecule has 0 unspecified atom stereocenters. The van der Waals surface area contributed by atoms with Gasteiger partial charge in [-0.3, -0.25) is 4.79 Å². The summed E-state index contributed by atoms with van der Waals surface area (Å²) < 4.78 is 14.8. The standard InChI is InChI=1S/C17H14FIN2OS/c1-17(2)6-10-11(8-20)16(23-15(10)14(22)7-17)21-13-4-3-9(19)5-12(13)18/h3-5,21H,6-7H2,1-2H3. The number of anilines is 2. The van der Waals surface area contributed by atoms with E-state index in [1.807, 2.05) is 36.4 Å². The lowest BCUT2D eigenvalue weighted by atomic mass is 9.75. The van der Waals surface area contributed by atoms with Gasteiger partial charge in [-0.1, -0.05) is 13.8 Å². The highest BCUT2D eigenvalue weighted by atomic mass is 127. The van der Waals surface area contributed by atoms with E-state index in [1.165, 1.54) is 17.4 Å². The molecule has 0 atom stereocenters. The maximum absolute atomic E-state index is 14.0. The number of hydrogen-bond acceptors (Lipinski definition) is 4. The van der Waals surface area contributed by atoms with Crippen LogP contribution < -0.4 is 5.32 Å². The van der Waals surface area contributed by atoms with Gasteiger partial charge in [-0.15, -0.1) is 11.3 Å². The number of ketones is 1. The van der Waals surface area contributed by atoms with Crippen LogP contribution in [0.3, 0.4) is 0 Å². The van der Waals surface area contributed by atoms with Crippen molar-refractivity contribution in [1.29, 1.82) is 5.26 Å². The second-order valence-electron chi connectivity index (χ2n) is 6.42. The van der Waals surface area contributed by atoms with Crippen LogP contribution in [0.25, 0.3) is 0 Å². The molecule has 1 N–H and O–H groups in total. The number of Topliss-reactive ketones (excluding diaryl/α,β-unsaturated/α-hetero) is 1. The molecule has 3 rings (SSSR count). The Labute approximate surface area is 151 Å². The number of carbonyl (C=O) groups excluding carboxylic acids is 1. The van der Waals surface area contributed by atoms with Gasteiger partial charge in [0, 0.05) is 9.99 Å². The Morgan fingerprint density at radius 2 is 2.13 bits per heavy atom. The lowest BCUT2D eigenvalue weighted by molar-refractivity contribution is 0.0917. The van der Waals surface area contributed by atoms with Gasteiger partial charge < -0.3 is 5.32 Å². The molecule has 118 valence electrons. The molecule has 3 nitrogen and oxygen atoms in total. The number of hydrogen-bond donors (Lipinski definition) is 1. The van der Waals surface area contributed by atoms with Gasteiger partial charge in [-0.05, 0) is 58.2 Å². The molecule has 6 heteroatoms. The molecular formula is C17H14FIN2OS. The first kappa shape index (κ1) is 16.4. The molecule has 1 aromatic heterocycles. The predicted molar refractivity (Wildman–Crippen MR) is 97.9 cm³/mol. The van der Waals surface area contributed by atoms with Crippen molar-refractivity contribution >= 4 is 50.4 Å². The Hall–Kier alpha value is -1.46. The fourth-order valence-electron chi connectivity index (χ4n) is 2.83. The monoisotopic (exact) mass is 440 g/mol. The summed E-state index contributed by atoms with van der Waals surface area (Å²) in [6.07, 6.45) is 1.16. The molecule has 0 saturated heterocycles. The molecule has 1 aliphatic rings. The second kappa shape index (κ2) is 5.87. The van der Waals surface area contributed by atoms with E-state index in [0.29, 0.717) is 34.0 Å². The largest absolute Gasteiger partial charge is 0.344 e. The highest BCUT2D eigenvalue weighted by Crippen LogP contribution is 2.44. The highest BCUT2D eigenvalue weighted by Gasteiger charge is 2.35. The number of nitrogens with zero attached hydrogens (tertiary/aromatic N) is 1. The Morgan fingerprint density at radius 3 is 2.78 bits per heavy atom. The average molecular weight is 440 g/mol. The van der Waals surface area contributed by atoms with Crippen molar-refractivity contribution < 1.29 is 9.18 Å². The molecule has 0 bridgehead atoms. The number of nitrogens with one attached hydrogen (secondary N) is 1. The van der Waals surface area contributed by atoms with Crippen LogP contribution in [0.1, 0.15) is 41.1 Å². The summed E-state index contributed by atoms with van der Waals surface area (Å²) in [5.41, 5.74) is 1.42. The lowest BCUT2D eigenvalue weighted by Gasteiger charge is -2.28. The summed E-state index contributed by atoms with van der Waals surface area (Å²) in [4.78, 5) is 13.0. The van der Waals surface area contributed by atoms with E-state index in [9.17, 15) is 14.4 Å². The van der Waals surface area contributed by atoms with Crippen LogP contribution >= 0.6 is 33.9 Å². The smallest absolute Gasteiger partial charge is 0.173 e. The third kappa shape index (κ3) is 3.12. The summed E-state index contributed by atoms with van der Waals surface area (Å²) in [5.74, 6) is -0.312. The predicted octanol–water partition coefficient (Wildman–Crippen LogP) is 5.26. The van der Waals surface area contributed by atoms with Crippen molar-refractivity contribution in [2.75, 3.05) is 5.32 Å². The summed E-state index contributed by atoms with van der Waals surface area (Å²) in [5, 5.41) is 13.1. The van der Waals surface area contributed by atoms with Crippen LogP contribution in [0.4, 0.5) is 15.1 Å². The Morgan fingerprint density at radius 1 is 1.39 bits per heavy atom. The van der Waals surface area contributed by atoms with Gasteiger partial charge in [0.05, 0.1) is 16.1 Å². The minimum Gasteiger partial charge on any atom is -0.344 e. The number of thiophene rings is 1. The van der Waals surface area contributed by atoms with Gasteiger partial charge in [0.1, 0.15) is 16.9 Å². The molecule has 2 aromatic rings. The van der Waals surface area contributed by atoms with Gasteiger partial charge >= 0.3 is 0 Å². The van der Waals surface area contributed by atoms with Gasteiger partial charge in [-0.25, -0.2) is 4.39 Å². The molecule has 1 aliphatic carbocycles. The minimum absolute atomic E-state index is 0.0638. The number of halogens is 2. The lowest BCUT2D eigenvalue weighted by Crippen LogP contribution is -2.26. The molecule has 0 spiro atoms. The zero-order valence-electron chi connectivity index (χ0n) is 12.7. The van der Waals surface area contributed by atoms with E-state index in [0.717, 1.165) is 9.13 Å². The van der Waals surface area contributed by atoms with Gasteiger partial charge in [-0.2, -0.15) is 5.26 Å². The zero-order chi connectivity index (χ0) is 16.8. The van der Waals surface area contributed by atoms with Crippen LogP contribution in [0.2, 0.25) is 0 Å². The molecule has 1 heterocycles. The number of rotatable bonds is 2. The maximum Gasteiger partial charge on any atom is 0.173 e. The number of fused-ring (bicyclic) bond motifs is 1. The fraction of sp³-hybridized carbons (Fsp3) is 0.294. The number of benzene rings is 1. The van der Waals surface area contributed by atoms with Gasteiger partial charge in [0.25, 0.3) is 0 Å². The zero-order valence-corrected chi connectivity index (χ0v) is 15.6. The Kier molecular flexibility index (Phi) is 4.19. The second-order valence-corrected chi connectivity index (χ2v) is 8.68. The Balaban J connectivity index is 2.05. The summed E-state index contributed by atoms with van der Waals surface area (Å²) >= 11 is 3.29. The molecule has 0 radical (unpaired) electrons. The SMILES string of the molecule is CC1(C)CC(=O)c2sc(Nc3ccc(I)cc3F)c(C#N)c2C1. The Bertz CT molecular complexity index is 851. The van der Waals surface area contributed by atoms with Crippen LogP contribution in [0.5, 0.6) is 0 Å². The summed E-state index contributed by atoms with van der Waals surface area (Å²) in [6, 6.07) is 7.05. The van der Waals surface area contributed by atoms with Crippen molar-refractivity contribution in [3.63, 3.8) is 0 Å². The molecule has 0 saturated carbocycles. The first-order valence-electron chi connectivity index (χ1n) is 7.12. The topological polar surface area (TPSA) is 52.9 Å². The molecule has 23 heavy (non-hydrogen) atoms. The van der Waals surface area contributed by atoms with Crippen LogP contribution in [-0.4, -0.2) is 5.78 Å². The summed E-state index contributed by atoms with van der Waals surface area (Å²) in [6.45, 7) is 4.05. The van der Waals surface area contributed by atoms with Gasteiger partial charge in [0.2, 0.25) is 0 Å². The van der Waals surface area contributed by atoms with Crippen molar-refractivity contribution in [3.05, 3.63) is 43.6 Å². The highest BCUT2D eigenvalue weighted by molar-refractivity contribution is 14.1. The third-order valence-corrected chi connectivity index (χ3v) is 5.71. The van der Waals surface area contributed by atoms with E-state index in [4.69, 9.17) is 0 Å². The van der Waals surface area contributed by atoms with E-state index in [1.54, 1.807) is 12.1 Å². The molecular weight excluding hydrogens is 426 g/mol. The maximum atomic E-state index is 14.0. The molecule has 0 aliphatic heterocycles. The summed E-state index contributed by atoms with van der Waals surface area (Å²) in [7, 11) is 0.